The summed E-state index contributed by atoms with van der Waals surface area (Å²) in [5.41, 5.74) is 5.10. The number of nitrogens with one attached hydrogen (secondary N) is 2. The van der Waals surface area contributed by atoms with Crippen LogP contribution in [0, 0.1) is 0 Å². The number of benzene rings is 2. The quantitative estimate of drug-likeness (QED) is 0.583. The minimum absolute atomic E-state index is 0.203. The van der Waals surface area contributed by atoms with Crippen LogP contribution in [0.3, 0.4) is 0 Å². The molecule has 0 aliphatic carbocycles. The van der Waals surface area contributed by atoms with E-state index >= 15 is 0 Å². The van der Waals surface area contributed by atoms with E-state index in [2.05, 4.69) is 31.8 Å². The van der Waals surface area contributed by atoms with Crippen LogP contribution in [0.4, 0.5) is 5.69 Å². The normalized spacial score (nSPS) is 12.4. The monoisotopic (exact) mass is 389 g/mol. The summed E-state index contributed by atoms with van der Waals surface area (Å²) in [4.78, 5) is 12.1. The fraction of sp³-hybridized carbons (Fsp3) is 0.222. The standard InChI is InChI=1S/C18H20BrN3O2/c1-12(14-4-10-17(24-3)11-5-14)21-22-18(23)13(2)20-16-8-6-15(19)7-9-16/h4-11,13,20H,1-3H3,(H,22,23). The molecule has 1 amide bonds. The maximum absolute atomic E-state index is 12.1. The molecule has 1 atom stereocenters. The molecule has 0 radical (unpaired) electrons. The average Bonchev–Trinajstić information content (AvgIpc) is 2.61. The Kier molecular flexibility index (Phi) is 6.37. The minimum atomic E-state index is -0.404. The van der Waals surface area contributed by atoms with E-state index in [1.165, 1.54) is 0 Å². The van der Waals surface area contributed by atoms with E-state index in [1.807, 2.05) is 55.5 Å². The molecule has 1 unspecified atom stereocenters. The van der Waals surface area contributed by atoms with Crippen LogP contribution in [-0.2, 0) is 4.79 Å². The number of ether oxygens (including phenoxy) is 1. The van der Waals surface area contributed by atoms with Gasteiger partial charge in [-0.1, -0.05) is 15.9 Å². The second kappa shape index (κ2) is 8.49. The van der Waals surface area contributed by atoms with E-state index in [9.17, 15) is 4.79 Å². The molecule has 0 aliphatic heterocycles. The molecule has 0 spiro atoms. The molecule has 0 fully saturated rings. The fourth-order valence-electron chi connectivity index (χ4n) is 1.99. The van der Waals surface area contributed by atoms with E-state index < -0.39 is 6.04 Å². The molecule has 0 aliphatic rings. The highest BCUT2D eigenvalue weighted by Crippen LogP contribution is 2.15. The van der Waals surface area contributed by atoms with Crippen molar-refractivity contribution < 1.29 is 9.53 Å². The Bertz CT molecular complexity index is 712. The van der Waals surface area contributed by atoms with Crippen molar-refractivity contribution in [2.75, 3.05) is 12.4 Å². The van der Waals surface area contributed by atoms with E-state index in [1.54, 1.807) is 14.0 Å². The number of hydrogen-bond acceptors (Lipinski definition) is 4. The average molecular weight is 390 g/mol. The Hall–Kier alpha value is -2.34. The van der Waals surface area contributed by atoms with Gasteiger partial charge in [0.05, 0.1) is 12.8 Å². The first-order valence-corrected chi connectivity index (χ1v) is 8.29. The van der Waals surface area contributed by atoms with Gasteiger partial charge in [-0.3, -0.25) is 4.79 Å². The van der Waals surface area contributed by atoms with Gasteiger partial charge in [-0.25, -0.2) is 5.43 Å². The Morgan fingerprint density at radius 3 is 2.33 bits per heavy atom. The molecule has 0 bridgehead atoms. The van der Waals surface area contributed by atoms with Crippen LogP contribution in [-0.4, -0.2) is 24.8 Å². The van der Waals surface area contributed by atoms with Gasteiger partial charge >= 0.3 is 0 Å². The van der Waals surface area contributed by atoms with Gasteiger partial charge in [-0.05, 0) is 67.9 Å². The summed E-state index contributed by atoms with van der Waals surface area (Å²) >= 11 is 3.38. The van der Waals surface area contributed by atoms with Gasteiger partial charge in [0.25, 0.3) is 5.91 Å². The summed E-state index contributed by atoms with van der Waals surface area (Å²) in [5.74, 6) is 0.577. The highest BCUT2D eigenvalue weighted by atomic mass is 79.9. The van der Waals surface area contributed by atoms with Crippen molar-refractivity contribution in [1.82, 2.24) is 5.43 Å². The van der Waals surface area contributed by atoms with Crippen molar-refractivity contribution in [3.63, 3.8) is 0 Å². The summed E-state index contributed by atoms with van der Waals surface area (Å²) in [5, 5.41) is 7.28. The van der Waals surface area contributed by atoms with Gasteiger partial charge in [-0.15, -0.1) is 0 Å². The molecule has 24 heavy (non-hydrogen) atoms. The molecule has 0 saturated heterocycles. The van der Waals surface area contributed by atoms with Crippen LogP contribution in [0.15, 0.2) is 58.1 Å². The second-order valence-corrected chi connectivity index (χ2v) is 6.19. The maximum atomic E-state index is 12.1. The smallest absolute Gasteiger partial charge is 0.262 e. The third-order valence-corrected chi connectivity index (χ3v) is 3.99. The van der Waals surface area contributed by atoms with Crippen molar-refractivity contribution in [3.05, 3.63) is 58.6 Å². The van der Waals surface area contributed by atoms with Crippen molar-refractivity contribution in [1.29, 1.82) is 0 Å². The molecule has 2 aromatic rings. The summed E-state index contributed by atoms with van der Waals surface area (Å²) in [6, 6.07) is 14.7. The predicted octanol–water partition coefficient (Wildman–Crippen LogP) is 3.80. The van der Waals surface area contributed by atoms with Crippen LogP contribution in [0.5, 0.6) is 5.75 Å². The summed E-state index contributed by atoms with van der Waals surface area (Å²) in [7, 11) is 1.62. The van der Waals surface area contributed by atoms with Gasteiger partial charge < -0.3 is 10.1 Å². The molecule has 2 N–H and O–H groups in total. The topological polar surface area (TPSA) is 62.7 Å². The SMILES string of the molecule is COc1ccc(C(C)=NNC(=O)C(C)Nc2ccc(Br)cc2)cc1. The van der Waals surface area contributed by atoms with Gasteiger partial charge in [0.15, 0.2) is 0 Å². The summed E-state index contributed by atoms with van der Waals surface area (Å²) in [6.07, 6.45) is 0. The molecule has 2 rings (SSSR count). The Morgan fingerprint density at radius 1 is 1.12 bits per heavy atom. The van der Waals surface area contributed by atoms with Crippen molar-refractivity contribution in [2.45, 2.75) is 19.9 Å². The number of halogens is 1. The molecular weight excluding hydrogens is 370 g/mol. The highest BCUT2D eigenvalue weighted by Gasteiger charge is 2.12. The van der Waals surface area contributed by atoms with E-state index in [-0.39, 0.29) is 5.91 Å². The second-order valence-electron chi connectivity index (χ2n) is 5.27. The zero-order chi connectivity index (χ0) is 17.5. The molecule has 0 saturated carbocycles. The third-order valence-electron chi connectivity index (χ3n) is 3.46. The first-order chi connectivity index (χ1) is 11.5. The van der Waals surface area contributed by atoms with Crippen molar-refractivity contribution in [3.8, 4) is 5.75 Å². The lowest BCUT2D eigenvalue weighted by Gasteiger charge is -2.14. The zero-order valence-electron chi connectivity index (χ0n) is 13.8. The molecule has 0 heterocycles. The lowest BCUT2D eigenvalue weighted by molar-refractivity contribution is -0.121. The minimum Gasteiger partial charge on any atom is -0.497 e. The molecular formula is C18H20BrN3O2. The molecule has 6 heteroatoms. The number of rotatable bonds is 6. The molecule has 126 valence electrons. The van der Waals surface area contributed by atoms with Crippen LogP contribution in [0.1, 0.15) is 19.4 Å². The third kappa shape index (κ3) is 5.09. The van der Waals surface area contributed by atoms with Gasteiger partial charge in [0, 0.05) is 10.2 Å². The summed E-state index contributed by atoms with van der Waals surface area (Å²) in [6.45, 7) is 3.63. The Morgan fingerprint density at radius 2 is 1.75 bits per heavy atom. The first-order valence-electron chi connectivity index (χ1n) is 7.50. The number of hydrogen-bond donors (Lipinski definition) is 2. The number of hydrazone groups is 1. The van der Waals surface area contributed by atoms with Gasteiger partial charge in [0.1, 0.15) is 11.8 Å². The number of anilines is 1. The van der Waals surface area contributed by atoms with Crippen molar-refractivity contribution >= 4 is 33.2 Å². The highest BCUT2D eigenvalue weighted by molar-refractivity contribution is 9.10. The number of methoxy groups -OCH3 is 1. The first kappa shape index (κ1) is 18.0. The Balaban J connectivity index is 1.93. The van der Waals surface area contributed by atoms with Crippen molar-refractivity contribution in [2.24, 2.45) is 5.10 Å². The van der Waals surface area contributed by atoms with Crippen LogP contribution < -0.4 is 15.5 Å². The zero-order valence-corrected chi connectivity index (χ0v) is 15.4. The van der Waals surface area contributed by atoms with Gasteiger partial charge in [-0.2, -0.15) is 5.10 Å². The number of nitrogens with zero attached hydrogens (tertiary/aromatic N) is 1. The number of carbonyl (C=O) groups is 1. The maximum Gasteiger partial charge on any atom is 0.262 e. The lowest BCUT2D eigenvalue weighted by atomic mass is 10.1. The number of carbonyl (C=O) groups excluding carboxylic acids is 1. The van der Waals surface area contributed by atoms with E-state index in [0.29, 0.717) is 0 Å². The fourth-order valence-corrected chi connectivity index (χ4v) is 2.26. The van der Waals surface area contributed by atoms with Gasteiger partial charge in [0.2, 0.25) is 0 Å². The number of amides is 1. The van der Waals surface area contributed by atoms with E-state index in [0.717, 1.165) is 27.2 Å². The largest absolute Gasteiger partial charge is 0.497 e. The summed E-state index contributed by atoms with van der Waals surface area (Å²) < 4.78 is 6.11. The van der Waals surface area contributed by atoms with Crippen LogP contribution >= 0.6 is 15.9 Å². The lowest BCUT2D eigenvalue weighted by Crippen LogP contribution is -2.35. The Labute approximate surface area is 150 Å². The van der Waals surface area contributed by atoms with Crippen LogP contribution in [0.25, 0.3) is 0 Å². The predicted molar refractivity (Wildman–Crippen MR) is 101 cm³/mol. The molecule has 5 nitrogen and oxygen atoms in total. The van der Waals surface area contributed by atoms with E-state index in [4.69, 9.17) is 4.74 Å². The molecule has 0 aromatic heterocycles. The van der Waals surface area contributed by atoms with Crippen LogP contribution in [0.2, 0.25) is 0 Å². The molecule has 2 aromatic carbocycles.